The summed E-state index contributed by atoms with van der Waals surface area (Å²) in [5.74, 6) is 0.404. The van der Waals surface area contributed by atoms with Gasteiger partial charge in [0.25, 0.3) is 0 Å². The van der Waals surface area contributed by atoms with E-state index in [0.29, 0.717) is 6.54 Å². The first kappa shape index (κ1) is 17.0. The number of aryl methyl sites for hydroxylation is 1. The minimum absolute atomic E-state index is 0.144. The van der Waals surface area contributed by atoms with Gasteiger partial charge in [-0.05, 0) is 50.6 Å². The molecule has 3 rings (SSSR count). The molecule has 24 heavy (non-hydrogen) atoms. The van der Waals surface area contributed by atoms with E-state index in [2.05, 4.69) is 20.2 Å². The van der Waals surface area contributed by atoms with Gasteiger partial charge in [0.05, 0.1) is 10.7 Å². The van der Waals surface area contributed by atoms with Crippen molar-refractivity contribution in [2.45, 2.75) is 32.9 Å². The van der Waals surface area contributed by atoms with Crippen LogP contribution in [0.1, 0.15) is 29.1 Å². The highest BCUT2D eigenvalue weighted by Crippen LogP contribution is 2.22. The summed E-state index contributed by atoms with van der Waals surface area (Å²) in [4.78, 5) is 25.5. The summed E-state index contributed by atoms with van der Waals surface area (Å²) in [5.41, 5.74) is 2.27. The molecule has 1 amide bonds. The largest absolute Gasteiger partial charge is 0.341 e. The minimum Gasteiger partial charge on any atom is -0.341 e. The molecule has 0 radical (unpaired) electrons. The molecule has 0 saturated carbocycles. The standard InChI is InChI=1S/C18H24N4OS/c1-14-20-17(13-24-14)12-22-9-5-16(6-10-22)18(23)21(2)11-15-3-7-19-8-4-15/h3-4,7-8,13,16H,5-6,9-12H2,1-2H3. The number of likely N-dealkylation sites (tertiary alicyclic amines) is 1. The molecular weight excluding hydrogens is 320 g/mol. The van der Waals surface area contributed by atoms with Crippen molar-refractivity contribution < 1.29 is 4.79 Å². The fourth-order valence-electron chi connectivity index (χ4n) is 3.20. The SMILES string of the molecule is Cc1nc(CN2CCC(C(=O)N(C)Cc3ccncc3)CC2)cs1. The fourth-order valence-corrected chi connectivity index (χ4v) is 3.80. The molecule has 5 nitrogen and oxygen atoms in total. The molecule has 0 aromatic carbocycles. The average molecular weight is 344 g/mol. The Morgan fingerprint density at radius 3 is 2.67 bits per heavy atom. The van der Waals surface area contributed by atoms with Crippen LogP contribution in [0.2, 0.25) is 0 Å². The van der Waals surface area contributed by atoms with Crippen LogP contribution >= 0.6 is 11.3 Å². The maximum atomic E-state index is 12.7. The molecule has 1 aliphatic rings. The van der Waals surface area contributed by atoms with Gasteiger partial charge in [0.1, 0.15) is 0 Å². The van der Waals surface area contributed by atoms with E-state index in [9.17, 15) is 4.79 Å². The Kier molecular flexibility index (Phi) is 5.58. The highest BCUT2D eigenvalue weighted by Gasteiger charge is 2.27. The van der Waals surface area contributed by atoms with E-state index in [1.54, 1.807) is 23.7 Å². The number of rotatable bonds is 5. The number of nitrogens with zero attached hydrogens (tertiary/aromatic N) is 4. The van der Waals surface area contributed by atoms with Gasteiger partial charge >= 0.3 is 0 Å². The average Bonchev–Trinajstić information content (AvgIpc) is 3.00. The summed E-state index contributed by atoms with van der Waals surface area (Å²) < 4.78 is 0. The lowest BCUT2D eigenvalue weighted by atomic mass is 9.95. The van der Waals surface area contributed by atoms with Gasteiger partial charge in [0, 0.05) is 43.8 Å². The topological polar surface area (TPSA) is 49.3 Å². The lowest BCUT2D eigenvalue weighted by Gasteiger charge is -2.32. The number of piperidine rings is 1. The molecule has 6 heteroatoms. The molecule has 1 fully saturated rings. The second-order valence-corrected chi connectivity index (χ2v) is 7.52. The first-order valence-corrected chi connectivity index (χ1v) is 9.27. The number of carbonyl (C=O) groups is 1. The zero-order valence-corrected chi connectivity index (χ0v) is 15.1. The second kappa shape index (κ2) is 7.85. The van der Waals surface area contributed by atoms with Crippen LogP contribution < -0.4 is 0 Å². The Labute approximate surface area is 147 Å². The Morgan fingerprint density at radius 2 is 2.04 bits per heavy atom. The zero-order chi connectivity index (χ0) is 16.9. The third-order valence-corrected chi connectivity index (χ3v) is 5.36. The quantitative estimate of drug-likeness (QED) is 0.837. The Morgan fingerprint density at radius 1 is 1.33 bits per heavy atom. The third kappa shape index (κ3) is 4.39. The maximum Gasteiger partial charge on any atom is 0.225 e. The molecular formula is C18H24N4OS. The first-order valence-electron chi connectivity index (χ1n) is 8.39. The summed E-state index contributed by atoms with van der Waals surface area (Å²) in [5, 5.41) is 3.25. The van der Waals surface area contributed by atoms with Crippen molar-refractivity contribution >= 4 is 17.2 Å². The maximum absolute atomic E-state index is 12.7. The van der Waals surface area contributed by atoms with Crippen molar-refractivity contribution in [1.29, 1.82) is 0 Å². The molecule has 0 spiro atoms. The van der Waals surface area contributed by atoms with E-state index < -0.39 is 0 Å². The summed E-state index contributed by atoms with van der Waals surface area (Å²) in [7, 11) is 1.90. The number of hydrogen-bond donors (Lipinski definition) is 0. The number of hydrogen-bond acceptors (Lipinski definition) is 5. The normalized spacial score (nSPS) is 16.2. The number of thiazole rings is 1. The van der Waals surface area contributed by atoms with Crippen LogP contribution in [0.4, 0.5) is 0 Å². The number of carbonyl (C=O) groups excluding carboxylic acids is 1. The Hall–Kier alpha value is -1.79. The molecule has 3 heterocycles. The monoisotopic (exact) mass is 344 g/mol. The van der Waals surface area contributed by atoms with E-state index in [4.69, 9.17) is 0 Å². The summed E-state index contributed by atoms with van der Waals surface area (Å²) in [6.07, 6.45) is 5.41. The predicted molar refractivity (Wildman–Crippen MR) is 95.6 cm³/mol. The molecule has 0 N–H and O–H groups in total. The fraction of sp³-hybridized carbons (Fsp3) is 0.500. The predicted octanol–water partition coefficient (Wildman–Crippen LogP) is 2.72. The zero-order valence-electron chi connectivity index (χ0n) is 14.3. The van der Waals surface area contributed by atoms with Crippen LogP contribution in [0.5, 0.6) is 0 Å². The van der Waals surface area contributed by atoms with Crippen molar-refractivity contribution in [3.05, 3.63) is 46.2 Å². The van der Waals surface area contributed by atoms with Crippen molar-refractivity contribution in [3.8, 4) is 0 Å². The van der Waals surface area contributed by atoms with Gasteiger partial charge in [0.2, 0.25) is 5.91 Å². The van der Waals surface area contributed by atoms with Crippen LogP contribution in [0.15, 0.2) is 29.9 Å². The van der Waals surface area contributed by atoms with Gasteiger partial charge in [-0.15, -0.1) is 11.3 Å². The van der Waals surface area contributed by atoms with Crippen LogP contribution in [0, 0.1) is 12.8 Å². The van der Waals surface area contributed by atoms with Crippen LogP contribution in [0.3, 0.4) is 0 Å². The summed E-state index contributed by atoms with van der Waals surface area (Å²) >= 11 is 1.70. The van der Waals surface area contributed by atoms with Gasteiger partial charge in [-0.25, -0.2) is 4.98 Å². The molecule has 2 aromatic rings. The molecule has 1 aliphatic heterocycles. The summed E-state index contributed by atoms with van der Waals surface area (Å²) in [6.45, 7) is 5.53. The van der Waals surface area contributed by atoms with Gasteiger partial charge in [-0.2, -0.15) is 0 Å². The minimum atomic E-state index is 0.144. The smallest absolute Gasteiger partial charge is 0.225 e. The second-order valence-electron chi connectivity index (χ2n) is 6.46. The Bertz CT molecular complexity index is 665. The van der Waals surface area contributed by atoms with E-state index in [1.165, 1.54) is 0 Å². The lowest BCUT2D eigenvalue weighted by molar-refractivity contribution is -0.136. The van der Waals surface area contributed by atoms with Gasteiger partial charge in [-0.3, -0.25) is 14.7 Å². The molecule has 0 atom stereocenters. The van der Waals surface area contributed by atoms with Gasteiger partial charge in [-0.1, -0.05) is 0 Å². The lowest BCUT2D eigenvalue weighted by Crippen LogP contribution is -2.40. The van der Waals surface area contributed by atoms with Crippen molar-refractivity contribution in [3.63, 3.8) is 0 Å². The number of amides is 1. The highest BCUT2D eigenvalue weighted by molar-refractivity contribution is 7.09. The molecule has 128 valence electrons. The van der Waals surface area contributed by atoms with Crippen molar-refractivity contribution in [1.82, 2.24) is 19.8 Å². The third-order valence-electron chi connectivity index (χ3n) is 4.53. The van der Waals surface area contributed by atoms with E-state index >= 15 is 0 Å². The van der Waals surface area contributed by atoms with Gasteiger partial charge < -0.3 is 4.90 Å². The van der Waals surface area contributed by atoms with E-state index in [0.717, 1.165) is 48.7 Å². The molecule has 0 aliphatic carbocycles. The molecule has 1 saturated heterocycles. The Balaban J connectivity index is 1.47. The molecule has 0 bridgehead atoms. The van der Waals surface area contributed by atoms with Gasteiger partial charge in [0.15, 0.2) is 0 Å². The van der Waals surface area contributed by atoms with Crippen molar-refractivity contribution in [2.24, 2.45) is 5.92 Å². The molecule has 0 unspecified atom stereocenters. The van der Waals surface area contributed by atoms with Crippen LogP contribution in [-0.4, -0.2) is 45.8 Å². The molecule has 2 aromatic heterocycles. The van der Waals surface area contributed by atoms with E-state index in [1.807, 2.05) is 31.0 Å². The highest BCUT2D eigenvalue weighted by atomic mass is 32.1. The number of aromatic nitrogens is 2. The van der Waals surface area contributed by atoms with Crippen LogP contribution in [0.25, 0.3) is 0 Å². The summed E-state index contributed by atoms with van der Waals surface area (Å²) in [6, 6.07) is 3.92. The first-order chi connectivity index (χ1) is 11.6. The van der Waals surface area contributed by atoms with Crippen LogP contribution in [-0.2, 0) is 17.9 Å². The van der Waals surface area contributed by atoms with Crippen molar-refractivity contribution in [2.75, 3.05) is 20.1 Å². The van der Waals surface area contributed by atoms with E-state index in [-0.39, 0.29) is 11.8 Å². The number of pyridine rings is 1.